The van der Waals surface area contributed by atoms with Crippen molar-refractivity contribution in [2.24, 2.45) is 0 Å². The number of rotatable bonds is 5. The van der Waals surface area contributed by atoms with E-state index in [2.05, 4.69) is 4.90 Å². The first-order valence-corrected chi connectivity index (χ1v) is 6.24. The second-order valence-corrected chi connectivity index (χ2v) is 4.58. The van der Waals surface area contributed by atoms with Crippen LogP contribution in [0.25, 0.3) is 0 Å². The Kier molecular flexibility index (Phi) is 4.09. The Morgan fingerprint density at radius 1 is 1.22 bits per heavy atom. The maximum atomic E-state index is 11.5. The second-order valence-electron chi connectivity index (χ2n) is 4.58. The third kappa shape index (κ3) is 3.16. The first-order chi connectivity index (χ1) is 8.66. The van der Waals surface area contributed by atoms with Gasteiger partial charge in [-0.2, -0.15) is 0 Å². The molecule has 1 fully saturated rings. The van der Waals surface area contributed by atoms with Crippen LogP contribution >= 0.6 is 0 Å². The van der Waals surface area contributed by atoms with Crippen molar-refractivity contribution in [3.63, 3.8) is 0 Å². The average Bonchev–Trinajstić information content (AvgIpc) is 2.84. The molecule has 2 rings (SSSR count). The summed E-state index contributed by atoms with van der Waals surface area (Å²) in [6, 6.07) is 2.51. The highest BCUT2D eigenvalue weighted by Gasteiger charge is 2.11. The fourth-order valence-electron chi connectivity index (χ4n) is 2.27. The Bertz CT molecular complexity index is 478. The van der Waals surface area contributed by atoms with Crippen LogP contribution in [0.4, 0.5) is 5.69 Å². The molecule has 0 radical (unpaired) electrons. The van der Waals surface area contributed by atoms with Gasteiger partial charge in [0.15, 0.2) is 0 Å². The average molecular weight is 251 g/mol. The summed E-state index contributed by atoms with van der Waals surface area (Å²) in [5.74, 6) is 0. The normalized spacial score (nSPS) is 16.0. The lowest BCUT2D eigenvalue weighted by Gasteiger charge is -2.14. The van der Waals surface area contributed by atoms with Gasteiger partial charge in [0, 0.05) is 18.7 Å². The van der Waals surface area contributed by atoms with Gasteiger partial charge in [-0.25, -0.2) is 0 Å². The molecule has 98 valence electrons. The number of aryl methyl sites for hydroxylation is 1. The molecule has 1 aliphatic rings. The maximum Gasteiger partial charge on any atom is 0.285 e. The predicted octanol–water partition coefficient (Wildman–Crippen LogP) is 1.24. The minimum absolute atomic E-state index is 0.0317. The summed E-state index contributed by atoms with van der Waals surface area (Å²) in [5.41, 5.74) is -0.210. The summed E-state index contributed by atoms with van der Waals surface area (Å²) in [6.45, 7) is 3.75. The van der Waals surface area contributed by atoms with Crippen molar-refractivity contribution in [1.82, 2.24) is 9.47 Å². The van der Waals surface area contributed by atoms with E-state index in [0.29, 0.717) is 6.54 Å². The summed E-state index contributed by atoms with van der Waals surface area (Å²) in [6.07, 6.45) is 4.67. The summed E-state index contributed by atoms with van der Waals surface area (Å²) in [4.78, 5) is 24.1. The number of likely N-dealkylation sites (tertiary alicyclic amines) is 1. The number of hydrogen-bond donors (Lipinski definition) is 0. The highest BCUT2D eigenvalue weighted by molar-refractivity contribution is 5.24. The zero-order valence-electron chi connectivity index (χ0n) is 10.2. The number of hydrogen-bond acceptors (Lipinski definition) is 4. The van der Waals surface area contributed by atoms with Crippen LogP contribution in [0.5, 0.6) is 0 Å². The molecule has 1 aromatic rings. The highest BCUT2D eigenvalue weighted by Crippen LogP contribution is 2.09. The molecule has 2 heterocycles. The van der Waals surface area contributed by atoms with Crippen molar-refractivity contribution in [3.05, 3.63) is 38.8 Å². The molecule has 0 atom stereocenters. The van der Waals surface area contributed by atoms with Crippen LogP contribution in [0, 0.1) is 10.1 Å². The molecule has 6 heteroatoms. The van der Waals surface area contributed by atoms with E-state index in [-0.39, 0.29) is 11.2 Å². The van der Waals surface area contributed by atoms with Crippen molar-refractivity contribution in [1.29, 1.82) is 0 Å². The monoisotopic (exact) mass is 251 g/mol. The summed E-state index contributed by atoms with van der Waals surface area (Å²) >= 11 is 0. The second kappa shape index (κ2) is 5.77. The largest absolute Gasteiger partial charge is 0.309 e. The van der Waals surface area contributed by atoms with Gasteiger partial charge < -0.3 is 9.47 Å². The Balaban J connectivity index is 1.93. The molecule has 0 aliphatic carbocycles. The van der Waals surface area contributed by atoms with E-state index in [1.807, 2.05) is 0 Å². The summed E-state index contributed by atoms with van der Waals surface area (Å²) in [7, 11) is 0. The lowest BCUT2D eigenvalue weighted by Crippen LogP contribution is -2.24. The molecule has 0 N–H and O–H groups in total. The molecule has 1 saturated heterocycles. The quantitative estimate of drug-likeness (QED) is 0.583. The van der Waals surface area contributed by atoms with Crippen LogP contribution in [0.2, 0.25) is 0 Å². The van der Waals surface area contributed by atoms with Crippen LogP contribution in [0.15, 0.2) is 23.1 Å². The van der Waals surface area contributed by atoms with Gasteiger partial charge >= 0.3 is 0 Å². The van der Waals surface area contributed by atoms with Crippen LogP contribution in [-0.2, 0) is 6.54 Å². The fraction of sp³-hybridized carbons (Fsp3) is 0.583. The molecule has 0 spiro atoms. The number of nitrogens with zero attached hydrogens (tertiary/aromatic N) is 3. The van der Waals surface area contributed by atoms with Gasteiger partial charge in [-0.3, -0.25) is 14.9 Å². The Morgan fingerprint density at radius 3 is 2.61 bits per heavy atom. The molecule has 1 aliphatic heterocycles. The van der Waals surface area contributed by atoms with Gasteiger partial charge in [-0.1, -0.05) is 0 Å². The van der Waals surface area contributed by atoms with Crippen LogP contribution < -0.4 is 5.56 Å². The minimum atomic E-state index is -0.476. The predicted molar refractivity (Wildman–Crippen MR) is 67.6 cm³/mol. The third-order valence-electron chi connectivity index (χ3n) is 3.25. The van der Waals surface area contributed by atoms with Gasteiger partial charge in [0.25, 0.3) is 11.2 Å². The Hall–Kier alpha value is -1.69. The zero-order valence-corrected chi connectivity index (χ0v) is 10.2. The molecule has 0 aromatic carbocycles. The first-order valence-electron chi connectivity index (χ1n) is 6.24. The van der Waals surface area contributed by atoms with Crippen LogP contribution in [0.1, 0.15) is 19.3 Å². The highest BCUT2D eigenvalue weighted by atomic mass is 16.6. The van der Waals surface area contributed by atoms with E-state index in [0.717, 1.165) is 26.1 Å². The van der Waals surface area contributed by atoms with E-state index in [4.69, 9.17) is 0 Å². The topological polar surface area (TPSA) is 68.4 Å². The molecular formula is C12H17N3O3. The molecule has 6 nitrogen and oxygen atoms in total. The summed E-state index contributed by atoms with van der Waals surface area (Å²) in [5, 5.41) is 10.6. The summed E-state index contributed by atoms with van der Waals surface area (Å²) < 4.78 is 1.42. The van der Waals surface area contributed by atoms with Gasteiger partial charge in [0.1, 0.15) is 0 Å². The zero-order chi connectivity index (χ0) is 13.0. The molecule has 18 heavy (non-hydrogen) atoms. The van der Waals surface area contributed by atoms with E-state index in [9.17, 15) is 14.9 Å². The minimum Gasteiger partial charge on any atom is -0.309 e. The van der Waals surface area contributed by atoms with Crippen molar-refractivity contribution >= 4 is 5.69 Å². The lowest BCUT2D eigenvalue weighted by atomic mass is 10.3. The number of aromatic nitrogens is 1. The SMILES string of the molecule is O=c1ccc([N+](=O)[O-])cn1CCCN1CCCC1. The van der Waals surface area contributed by atoms with Crippen molar-refractivity contribution in [2.45, 2.75) is 25.8 Å². The van der Waals surface area contributed by atoms with Gasteiger partial charge in [-0.15, -0.1) is 0 Å². The fourth-order valence-corrected chi connectivity index (χ4v) is 2.27. The Labute approximate surface area is 105 Å². The molecule has 0 bridgehead atoms. The molecule has 0 amide bonds. The maximum absolute atomic E-state index is 11.5. The van der Waals surface area contributed by atoms with E-state index >= 15 is 0 Å². The van der Waals surface area contributed by atoms with E-state index < -0.39 is 4.92 Å². The third-order valence-corrected chi connectivity index (χ3v) is 3.25. The standard InChI is InChI=1S/C12H17N3O3/c16-12-5-4-11(15(17)18)10-14(12)9-3-8-13-6-1-2-7-13/h4-5,10H,1-3,6-9H2. The number of pyridine rings is 1. The Morgan fingerprint density at radius 2 is 1.94 bits per heavy atom. The molecular weight excluding hydrogens is 234 g/mol. The van der Waals surface area contributed by atoms with Gasteiger partial charge in [0.2, 0.25) is 0 Å². The first kappa shape index (κ1) is 12.8. The van der Waals surface area contributed by atoms with Crippen molar-refractivity contribution in [3.8, 4) is 0 Å². The van der Waals surface area contributed by atoms with Crippen LogP contribution in [-0.4, -0.2) is 34.0 Å². The number of nitro groups is 1. The van der Waals surface area contributed by atoms with Crippen molar-refractivity contribution in [2.75, 3.05) is 19.6 Å². The molecule has 0 saturated carbocycles. The van der Waals surface area contributed by atoms with E-state index in [1.54, 1.807) is 0 Å². The molecule has 1 aromatic heterocycles. The smallest absolute Gasteiger partial charge is 0.285 e. The van der Waals surface area contributed by atoms with Crippen molar-refractivity contribution < 1.29 is 4.92 Å². The lowest BCUT2D eigenvalue weighted by molar-refractivity contribution is -0.385. The van der Waals surface area contributed by atoms with Gasteiger partial charge in [0.05, 0.1) is 11.1 Å². The van der Waals surface area contributed by atoms with E-state index in [1.165, 1.54) is 35.7 Å². The molecule has 0 unspecified atom stereocenters. The van der Waals surface area contributed by atoms with Gasteiger partial charge in [-0.05, 0) is 38.9 Å². The van der Waals surface area contributed by atoms with Crippen LogP contribution in [0.3, 0.4) is 0 Å².